The molecule has 0 saturated carbocycles. The normalized spacial score (nSPS) is 11.2. The van der Waals surface area contributed by atoms with Crippen LogP contribution in [-0.4, -0.2) is 30.5 Å². The third kappa shape index (κ3) is 3.39. The number of nitrogens with two attached hydrogens (primary N) is 1. The summed E-state index contributed by atoms with van der Waals surface area (Å²) in [6.45, 7) is 6.07. The highest BCUT2D eigenvalue weighted by atomic mass is 16.5. The first-order chi connectivity index (χ1) is 8.26. The molecule has 4 heteroatoms. The van der Waals surface area contributed by atoms with Gasteiger partial charge in [-0.3, -0.25) is 4.79 Å². The highest BCUT2D eigenvalue weighted by molar-refractivity contribution is 5.95. The summed E-state index contributed by atoms with van der Waals surface area (Å²) >= 11 is 0. The fourth-order valence-corrected chi connectivity index (χ4v) is 1.40. The third-order valence-electron chi connectivity index (χ3n) is 2.90. The van der Waals surface area contributed by atoms with Crippen molar-refractivity contribution in [1.82, 2.24) is 4.90 Å². The summed E-state index contributed by atoms with van der Waals surface area (Å²) in [7, 11) is 3.42. The molecular formula is C14H22N2O2. The summed E-state index contributed by atoms with van der Waals surface area (Å²) in [5.74, 6) is 0.556. The van der Waals surface area contributed by atoms with E-state index in [4.69, 9.17) is 10.5 Å². The van der Waals surface area contributed by atoms with Crippen molar-refractivity contribution in [3.05, 3.63) is 23.8 Å². The van der Waals surface area contributed by atoms with Crippen LogP contribution in [0.3, 0.4) is 0 Å². The highest BCUT2D eigenvalue weighted by Gasteiger charge is 2.19. The summed E-state index contributed by atoms with van der Waals surface area (Å²) in [5.41, 5.74) is 6.72. The zero-order valence-electron chi connectivity index (χ0n) is 11.8. The number of ether oxygens (including phenoxy) is 1. The van der Waals surface area contributed by atoms with Gasteiger partial charge in [0.15, 0.2) is 0 Å². The van der Waals surface area contributed by atoms with Gasteiger partial charge in [0.2, 0.25) is 0 Å². The maximum atomic E-state index is 11.8. The largest absolute Gasteiger partial charge is 0.486 e. The molecule has 0 saturated heterocycles. The first kappa shape index (κ1) is 14.4. The number of nitrogen functional groups attached to an aromatic ring is 1. The first-order valence-corrected chi connectivity index (χ1v) is 6.07. The number of nitrogens with zero attached hydrogens (tertiary/aromatic N) is 1. The van der Waals surface area contributed by atoms with Crippen LogP contribution in [0.4, 0.5) is 5.69 Å². The molecule has 0 aliphatic carbocycles. The van der Waals surface area contributed by atoms with Gasteiger partial charge in [-0.05, 0) is 38.5 Å². The molecule has 0 aliphatic rings. The van der Waals surface area contributed by atoms with E-state index < -0.39 is 0 Å². The molecule has 0 unspecified atom stereocenters. The van der Waals surface area contributed by atoms with Gasteiger partial charge in [-0.25, -0.2) is 0 Å². The fraction of sp³-hybridized carbons (Fsp3) is 0.500. The van der Waals surface area contributed by atoms with E-state index in [1.54, 1.807) is 32.3 Å². The standard InChI is InChI=1S/C14H22N2O2/c1-6-14(2,3)18-12-8-7-10(9-11(12)15)13(17)16(4)5/h7-9H,6,15H2,1-5H3. The Labute approximate surface area is 109 Å². The minimum absolute atomic E-state index is 0.0667. The maximum Gasteiger partial charge on any atom is 0.253 e. The molecular weight excluding hydrogens is 228 g/mol. The summed E-state index contributed by atoms with van der Waals surface area (Å²) < 4.78 is 5.83. The van der Waals surface area contributed by atoms with Gasteiger partial charge in [-0.1, -0.05) is 6.92 Å². The Kier molecular flexibility index (Phi) is 4.22. The van der Waals surface area contributed by atoms with Gasteiger partial charge in [-0.15, -0.1) is 0 Å². The molecule has 0 bridgehead atoms. The van der Waals surface area contributed by atoms with E-state index in [1.807, 2.05) is 13.8 Å². The molecule has 1 aromatic rings. The van der Waals surface area contributed by atoms with Gasteiger partial charge >= 0.3 is 0 Å². The molecule has 1 rings (SSSR count). The number of carbonyl (C=O) groups is 1. The van der Waals surface area contributed by atoms with Crippen LogP contribution in [-0.2, 0) is 0 Å². The van der Waals surface area contributed by atoms with Crippen molar-refractivity contribution < 1.29 is 9.53 Å². The van der Waals surface area contributed by atoms with E-state index in [2.05, 4.69) is 6.92 Å². The van der Waals surface area contributed by atoms with Crippen molar-refractivity contribution in [2.45, 2.75) is 32.8 Å². The van der Waals surface area contributed by atoms with Crippen LogP contribution < -0.4 is 10.5 Å². The predicted molar refractivity (Wildman–Crippen MR) is 73.9 cm³/mol. The van der Waals surface area contributed by atoms with Crippen LogP contribution in [0.5, 0.6) is 5.75 Å². The van der Waals surface area contributed by atoms with Gasteiger partial charge in [0, 0.05) is 19.7 Å². The van der Waals surface area contributed by atoms with Gasteiger partial charge in [0.05, 0.1) is 5.69 Å². The Bertz CT molecular complexity index is 439. The van der Waals surface area contributed by atoms with E-state index in [-0.39, 0.29) is 11.5 Å². The molecule has 1 amide bonds. The Morgan fingerprint density at radius 2 is 2.00 bits per heavy atom. The number of carbonyl (C=O) groups excluding carboxylic acids is 1. The lowest BCUT2D eigenvalue weighted by atomic mass is 10.1. The molecule has 18 heavy (non-hydrogen) atoms. The zero-order chi connectivity index (χ0) is 13.9. The lowest BCUT2D eigenvalue weighted by molar-refractivity contribution is 0.0827. The first-order valence-electron chi connectivity index (χ1n) is 6.07. The quantitative estimate of drug-likeness (QED) is 0.835. The lowest BCUT2D eigenvalue weighted by Crippen LogP contribution is -2.27. The van der Waals surface area contributed by atoms with Crippen molar-refractivity contribution in [2.75, 3.05) is 19.8 Å². The van der Waals surface area contributed by atoms with Crippen molar-refractivity contribution in [3.63, 3.8) is 0 Å². The second-order valence-corrected chi connectivity index (χ2v) is 5.17. The Morgan fingerprint density at radius 3 is 2.44 bits per heavy atom. The predicted octanol–water partition coefficient (Wildman–Crippen LogP) is 2.54. The number of benzene rings is 1. The number of hydrogen-bond acceptors (Lipinski definition) is 3. The molecule has 0 heterocycles. The van der Waals surface area contributed by atoms with E-state index in [0.29, 0.717) is 17.0 Å². The molecule has 0 aromatic heterocycles. The summed E-state index contributed by atoms with van der Waals surface area (Å²) in [5, 5.41) is 0. The van der Waals surface area contributed by atoms with Crippen molar-refractivity contribution >= 4 is 11.6 Å². The SMILES string of the molecule is CCC(C)(C)Oc1ccc(C(=O)N(C)C)cc1N. The monoisotopic (exact) mass is 250 g/mol. The number of amides is 1. The topological polar surface area (TPSA) is 55.6 Å². The molecule has 0 fully saturated rings. The number of anilines is 1. The van der Waals surface area contributed by atoms with Crippen LogP contribution in [0, 0.1) is 0 Å². The average Bonchev–Trinajstić information content (AvgIpc) is 2.30. The van der Waals surface area contributed by atoms with Gasteiger partial charge in [0.25, 0.3) is 5.91 Å². The number of hydrogen-bond donors (Lipinski definition) is 1. The Balaban J connectivity index is 2.97. The zero-order valence-corrected chi connectivity index (χ0v) is 11.8. The molecule has 1 aromatic carbocycles. The van der Waals surface area contributed by atoms with Crippen LogP contribution in [0.15, 0.2) is 18.2 Å². The van der Waals surface area contributed by atoms with Gasteiger partial charge in [0.1, 0.15) is 11.4 Å². The molecule has 0 spiro atoms. The third-order valence-corrected chi connectivity index (χ3v) is 2.90. The van der Waals surface area contributed by atoms with Crippen molar-refractivity contribution in [2.24, 2.45) is 0 Å². The molecule has 4 nitrogen and oxygen atoms in total. The van der Waals surface area contributed by atoms with E-state index in [0.717, 1.165) is 6.42 Å². The molecule has 100 valence electrons. The smallest absolute Gasteiger partial charge is 0.253 e. The lowest BCUT2D eigenvalue weighted by Gasteiger charge is -2.26. The van der Waals surface area contributed by atoms with Crippen LogP contribution in [0.25, 0.3) is 0 Å². The summed E-state index contributed by atoms with van der Waals surface area (Å²) in [6, 6.07) is 5.15. The van der Waals surface area contributed by atoms with E-state index >= 15 is 0 Å². The second-order valence-electron chi connectivity index (χ2n) is 5.17. The van der Waals surface area contributed by atoms with Gasteiger partial charge < -0.3 is 15.4 Å². The molecule has 2 N–H and O–H groups in total. The summed E-state index contributed by atoms with van der Waals surface area (Å²) in [6.07, 6.45) is 0.880. The van der Waals surface area contributed by atoms with Crippen molar-refractivity contribution in [1.29, 1.82) is 0 Å². The molecule has 0 radical (unpaired) electrons. The fourth-order valence-electron chi connectivity index (χ4n) is 1.40. The van der Waals surface area contributed by atoms with Crippen molar-refractivity contribution in [3.8, 4) is 5.75 Å². The number of rotatable bonds is 4. The maximum absolute atomic E-state index is 11.8. The second kappa shape index (κ2) is 5.29. The van der Waals surface area contributed by atoms with Crippen LogP contribution in [0.2, 0.25) is 0 Å². The van der Waals surface area contributed by atoms with Crippen LogP contribution in [0.1, 0.15) is 37.6 Å². The van der Waals surface area contributed by atoms with E-state index in [9.17, 15) is 4.79 Å². The average molecular weight is 250 g/mol. The van der Waals surface area contributed by atoms with Gasteiger partial charge in [-0.2, -0.15) is 0 Å². The summed E-state index contributed by atoms with van der Waals surface area (Å²) in [4.78, 5) is 13.3. The minimum Gasteiger partial charge on any atom is -0.486 e. The van der Waals surface area contributed by atoms with E-state index in [1.165, 1.54) is 4.90 Å². The highest BCUT2D eigenvalue weighted by Crippen LogP contribution is 2.28. The Hall–Kier alpha value is -1.71. The van der Waals surface area contributed by atoms with Crippen LogP contribution >= 0.6 is 0 Å². The molecule has 0 atom stereocenters. The Morgan fingerprint density at radius 1 is 1.39 bits per heavy atom. The minimum atomic E-state index is -0.263. The molecule has 0 aliphatic heterocycles.